The maximum Gasteiger partial charge on any atom is 0.251 e. The van der Waals surface area contributed by atoms with Gasteiger partial charge in [-0.3, -0.25) is 4.79 Å². The number of hydrogen-bond donors (Lipinski definition) is 2. The summed E-state index contributed by atoms with van der Waals surface area (Å²) in [4.78, 5) is 12.4. The van der Waals surface area contributed by atoms with Crippen LogP contribution in [-0.2, 0) is 16.6 Å². The summed E-state index contributed by atoms with van der Waals surface area (Å²) in [5.41, 5.74) is 1.37. The number of amides is 1. The van der Waals surface area contributed by atoms with E-state index in [1.807, 2.05) is 0 Å². The zero-order chi connectivity index (χ0) is 19.3. The number of nitrogens with one attached hydrogen (secondary N) is 2. The Morgan fingerprint density at radius 3 is 2.26 bits per heavy atom. The molecule has 0 saturated heterocycles. The molecule has 1 amide bonds. The Kier molecular flexibility index (Phi) is 6.13. The van der Waals surface area contributed by atoms with Gasteiger partial charge in [0.15, 0.2) is 0 Å². The molecule has 0 atom stereocenters. The lowest BCUT2D eigenvalue weighted by Crippen LogP contribution is -2.32. The number of carbonyl (C=O) groups excluding carboxylic acids is 1. The molecular weight excluding hydrogens is 364 g/mol. The highest BCUT2D eigenvalue weighted by molar-refractivity contribution is 7.89. The second-order valence-electron chi connectivity index (χ2n) is 6.65. The zero-order valence-electron chi connectivity index (χ0n) is 15.3. The van der Waals surface area contributed by atoms with E-state index in [-0.39, 0.29) is 23.4 Å². The summed E-state index contributed by atoms with van der Waals surface area (Å²) in [5, 5.41) is 3.04. The van der Waals surface area contributed by atoms with E-state index in [9.17, 15) is 13.2 Å². The van der Waals surface area contributed by atoms with E-state index in [4.69, 9.17) is 4.74 Å². The molecule has 2 N–H and O–H groups in total. The van der Waals surface area contributed by atoms with Gasteiger partial charge in [-0.05, 0) is 54.8 Å². The average molecular weight is 388 g/mol. The van der Waals surface area contributed by atoms with Crippen molar-refractivity contribution < 1.29 is 17.9 Å². The summed E-state index contributed by atoms with van der Waals surface area (Å²) in [5.74, 6) is 0.521. The number of ether oxygens (including phenoxy) is 1. The fourth-order valence-corrected chi connectivity index (χ4v) is 4.15. The van der Waals surface area contributed by atoms with Gasteiger partial charge in [-0.15, -0.1) is 0 Å². The van der Waals surface area contributed by atoms with Gasteiger partial charge in [-0.25, -0.2) is 13.1 Å². The molecular formula is C20H24N2O4S. The molecule has 2 aromatic rings. The monoisotopic (exact) mass is 388 g/mol. The van der Waals surface area contributed by atoms with Crippen molar-refractivity contribution in [2.24, 2.45) is 0 Å². The Hall–Kier alpha value is -2.38. The highest BCUT2D eigenvalue weighted by atomic mass is 32.2. The van der Waals surface area contributed by atoms with Crippen molar-refractivity contribution in [1.82, 2.24) is 10.0 Å². The molecule has 0 spiro atoms. The Labute approximate surface area is 160 Å². The molecule has 144 valence electrons. The van der Waals surface area contributed by atoms with Crippen molar-refractivity contribution in [1.29, 1.82) is 0 Å². The van der Waals surface area contributed by atoms with Crippen LogP contribution in [0.4, 0.5) is 0 Å². The smallest absolute Gasteiger partial charge is 0.251 e. The lowest BCUT2D eigenvalue weighted by Gasteiger charge is -2.12. The third-order valence-corrected chi connectivity index (χ3v) is 6.16. The maximum atomic E-state index is 12.4. The highest BCUT2D eigenvalue weighted by Gasteiger charge is 2.18. The molecule has 3 rings (SSSR count). The number of carbonyl (C=O) groups is 1. The van der Waals surface area contributed by atoms with Crippen LogP contribution in [0.25, 0.3) is 0 Å². The number of methoxy groups -OCH3 is 1. The fourth-order valence-electron chi connectivity index (χ4n) is 3.13. The number of hydrogen-bond acceptors (Lipinski definition) is 4. The molecule has 6 nitrogen and oxygen atoms in total. The van der Waals surface area contributed by atoms with Gasteiger partial charge in [0, 0.05) is 18.2 Å². The van der Waals surface area contributed by atoms with Crippen molar-refractivity contribution in [2.75, 3.05) is 7.11 Å². The van der Waals surface area contributed by atoms with Gasteiger partial charge >= 0.3 is 0 Å². The predicted molar refractivity (Wildman–Crippen MR) is 103 cm³/mol. The first-order valence-electron chi connectivity index (χ1n) is 9.01. The van der Waals surface area contributed by atoms with E-state index >= 15 is 0 Å². The minimum atomic E-state index is -3.61. The molecule has 1 fully saturated rings. The molecule has 0 aliphatic heterocycles. The standard InChI is InChI=1S/C20H24N2O4S/c1-26-18-10-12-19(13-11-18)27(24,25)21-14-15-6-8-16(9-7-15)20(23)22-17-4-2-3-5-17/h6-13,17,21H,2-5,14H2,1H3,(H,22,23). The first-order chi connectivity index (χ1) is 13.0. The van der Waals surface area contributed by atoms with Crippen molar-refractivity contribution >= 4 is 15.9 Å². The first kappa shape index (κ1) is 19.4. The van der Waals surface area contributed by atoms with E-state index in [2.05, 4.69) is 10.0 Å². The molecule has 1 aliphatic rings. The summed E-state index contributed by atoms with van der Waals surface area (Å²) >= 11 is 0. The van der Waals surface area contributed by atoms with Crippen LogP contribution < -0.4 is 14.8 Å². The van der Waals surface area contributed by atoms with Crippen LogP contribution in [0.1, 0.15) is 41.6 Å². The Bertz CT molecular complexity index is 871. The maximum absolute atomic E-state index is 12.4. The van der Waals surface area contributed by atoms with Gasteiger partial charge in [0.05, 0.1) is 12.0 Å². The molecule has 7 heteroatoms. The minimum Gasteiger partial charge on any atom is -0.497 e. The van der Waals surface area contributed by atoms with Gasteiger partial charge in [0.1, 0.15) is 5.75 Å². The van der Waals surface area contributed by atoms with Gasteiger partial charge in [0.2, 0.25) is 10.0 Å². The third-order valence-electron chi connectivity index (χ3n) is 4.74. The SMILES string of the molecule is COc1ccc(S(=O)(=O)NCc2ccc(C(=O)NC3CCCC3)cc2)cc1. The number of benzene rings is 2. The summed E-state index contributed by atoms with van der Waals surface area (Å²) in [6, 6.07) is 13.4. The van der Waals surface area contributed by atoms with Crippen LogP contribution in [0, 0.1) is 0 Å². The van der Waals surface area contributed by atoms with E-state index in [0.717, 1.165) is 31.2 Å². The molecule has 1 aliphatic carbocycles. The summed E-state index contributed by atoms with van der Waals surface area (Å²) in [7, 11) is -2.08. The molecule has 1 saturated carbocycles. The molecule has 0 radical (unpaired) electrons. The van der Waals surface area contributed by atoms with Crippen molar-refractivity contribution in [3.8, 4) is 5.75 Å². The second kappa shape index (κ2) is 8.54. The minimum absolute atomic E-state index is 0.0766. The van der Waals surface area contributed by atoms with Crippen molar-refractivity contribution in [2.45, 2.75) is 43.2 Å². The number of rotatable bonds is 7. The van der Waals surface area contributed by atoms with Gasteiger partial charge in [0.25, 0.3) is 5.91 Å². The average Bonchev–Trinajstić information content (AvgIpc) is 3.20. The predicted octanol–water partition coefficient (Wildman–Crippen LogP) is 2.85. The summed E-state index contributed by atoms with van der Waals surface area (Å²) in [6.45, 7) is 0.152. The van der Waals surface area contributed by atoms with E-state index in [1.54, 1.807) is 36.4 Å². The van der Waals surface area contributed by atoms with E-state index in [0.29, 0.717) is 11.3 Å². The van der Waals surface area contributed by atoms with Crippen LogP contribution in [0.2, 0.25) is 0 Å². The van der Waals surface area contributed by atoms with Crippen LogP contribution in [0.15, 0.2) is 53.4 Å². The fraction of sp³-hybridized carbons (Fsp3) is 0.350. The van der Waals surface area contributed by atoms with Crippen molar-refractivity contribution in [3.63, 3.8) is 0 Å². The molecule has 0 bridgehead atoms. The van der Waals surface area contributed by atoms with E-state index in [1.165, 1.54) is 19.2 Å². The lowest BCUT2D eigenvalue weighted by molar-refractivity contribution is 0.0938. The quantitative estimate of drug-likeness (QED) is 0.764. The molecule has 0 unspecified atom stereocenters. The molecule has 0 heterocycles. The lowest BCUT2D eigenvalue weighted by atomic mass is 10.1. The largest absolute Gasteiger partial charge is 0.497 e. The van der Waals surface area contributed by atoms with E-state index < -0.39 is 10.0 Å². The third kappa shape index (κ3) is 5.08. The number of sulfonamides is 1. The Balaban J connectivity index is 1.58. The topological polar surface area (TPSA) is 84.5 Å². The second-order valence-corrected chi connectivity index (χ2v) is 8.42. The highest BCUT2D eigenvalue weighted by Crippen LogP contribution is 2.18. The molecule has 0 aromatic heterocycles. The van der Waals surface area contributed by atoms with Gasteiger partial charge in [-0.2, -0.15) is 0 Å². The zero-order valence-corrected chi connectivity index (χ0v) is 16.1. The van der Waals surface area contributed by atoms with Gasteiger partial charge < -0.3 is 10.1 Å². The summed E-state index contributed by atoms with van der Waals surface area (Å²) in [6.07, 6.45) is 4.41. The Morgan fingerprint density at radius 2 is 1.67 bits per heavy atom. The van der Waals surface area contributed by atoms with Crippen molar-refractivity contribution in [3.05, 3.63) is 59.7 Å². The molecule has 27 heavy (non-hydrogen) atoms. The van der Waals surface area contributed by atoms with Gasteiger partial charge in [-0.1, -0.05) is 25.0 Å². The van der Waals surface area contributed by atoms with Crippen LogP contribution in [-0.4, -0.2) is 27.5 Å². The summed E-state index contributed by atoms with van der Waals surface area (Å²) < 4.78 is 32.3. The van der Waals surface area contributed by atoms with Crippen LogP contribution >= 0.6 is 0 Å². The van der Waals surface area contributed by atoms with Crippen LogP contribution in [0.5, 0.6) is 5.75 Å². The first-order valence-corrected chi connectivity index (χ1v) is 10.5. The molecule has 2 aromatic carbocycles. The normalized spacial score (nSPS) is 14.9. The van der Waals surface area contributed by atoms with Crippen LogP contribution in [0.3, 0.4) is 0 Å². The Morgan fingerprint density at radius 1 is 1.04 bits per heavy atom.